The second-order valence-corrected chi connectivity index (χ2v) is 5.30. The van der Waals surface area contributed by atoms with Gasteiger partial charge in [-0.1, -0.05) is 11.6 Å². The number of pyridine rings is 1. The van der Waals surface area contributed by atoms with Gasteiger partial charge in [-0.05, 0) is 36.8 Å². The summed E-state index contributed by atoms with van der Waals surface area (Å²) in [6.07, 6.45) is 4.50. The fraction of sp³-hybridized carbons (Fsp3) is 0.0556. The molecule has 128 valence electrons. The van der Waals surface area contributed by atoms with Gasteiger partial charge >= 0.3 is 0 Å². The number of nitrogens with one attached hydrogen (secondary N) is 1. The minimum absolute atomic E-state index is 0.122. The molecule has 0 aliphatic carbocycles. The zero-order valence-corrected chi connectivity index (χ0v) is 14.3. The van der Waals surface area contributed by atoms with Gasteiger partial charge in [-0.2, -0.15) is 0 Å². The van der Waals surface area contributed by atoms with Crippen molar-refractivity contribution in [2.45, 2.75) is 6.92 Å². The van der Waals surface area contributed by atoms with E-state index in [1.54, 1.807) is 18.5 Å². The lowest BCUT2D eigenvalue weighted by Crippen LogP contribution is -2.00. The molecule has 0 spiro atoms. The van der Waals surface area contributed by atoms with Crippen molar-refractivity contribution in [1.82, 2.24) is 15.0 Å². The molecule has 0 aliphatic rings. The summed E-state index contributed by atoms with van der Waals surface area (Å²) in [4.78, 5) is 12.1. The Hall–Kier alpha value is -2.99. The number of hydrogen-bond acceptors (Lipinski definition) is 5. The van der Waals surface area contributed by atoms with E-state index in [4.69, 9.17) is 11.6 Å². The van der Waals surface area contributed by atoms with E-state index in [2.05, 4.69) is 33.4 Å². The summed E-state index contributed by atoms with van der Waals surface area (Å²) < 4.78 is 13.9. The molecule has 0 radical (unpaired) electrons. The van der Waals surface area contributed by atoms with Gasteiger partial charge in [0, 0.05) is 23.1 Å². The van der Waals surface area contributed by atoms with Crippen molar-refractivity contribution in [2.24, 2.45) is 0 Å². The molecule has 7 heteroatoms. The third-order valence-electron chi connectivity index (χ3n) is 3.21. The topological polar surface area (TPSA) is 70.9 Å². The van der Waals surface area contributed by atoms with Crippen molar-refractivity contribution in [1.29, 1.82) is 0 Å². The number of hydrogen-bond donors (Lipinski definition) is 2. The van der Waals surface area contributed by atoms with Crippen LogP contribution in [0, 0.1) is 12.7 Å². The quantitative estimate of drug-likeness (QED) is 0.652. The van der Waals surface area contributed by atoms with Crippen LogP contribution in [0.1, 0.15) is 5.56 Å². The van der Waals surface area contributed by atoms with Crippen LogP contribution in [0.5, 0.6) is 5.75 Å². The van der Waals surface area contributed by atoms with Crippen LogP contribution in [0.2, 0.25) is 5.02 Å². The molecule has 0 bridgehead atoms. The molecule has 3 aromatic rings. The predicted molar refractivity (Wildman–Crippen MR) is 97.6 cm³/mol. The lowest BCUT2D eigenvalue weighted by atomic mass is 10.2. The number of anilines is 2. The van der Waals surface area contributed by atoms with Crippen molar-refractivity contribution in [2.75, 3.05) is 5.32 Å². The monoisotopic (exact) mass is 358 g/mol. The van der Waals surface area contributed by atoms with Crippen LogP contribution in [0.3, 0.4) is 0 Å². The molecule has 0 fully saturated rings. The fourth-order valence-corrected chi connectivity index (χ4v) is 2.18. The molecule has 2 aromatic heterocycles. The summed E-state index contributed by atoms with van der Waals surface area (Å²) >= 11 is 5.89. The van der Waals surface area contributed by atoms with Crippen molar-refractivity contribution < 1.29 is 9.50 Å². The van der Waals surface area contributed by atoms with Crippen LogP contribution in [-0.2, 0) is 0 Å². The summed E-state index contributed by atoms with van der Waals surface area (Å²) in [6, 6.07) is 5.87. The molecule has 0 saturated heterocycles. The summed E-state index contributed by atoms with van der Waals surface area (Å²) in [5.74, 6) is -0.348. The Morgan fingerprint density at radius 3 is 2.68 bits per heavy atom. The minimum Gasteiger partial charge on any atom is -0.503 e. The highest BCUT2D eigenvalue weighted by molar-refractivity contribution is 6.30. The van der Waals surface area contributed by atoms with Crippen LogP contribution in [0.4, 0.5) is 15.9 Å². The highest BCUT2D eigenvalue weighted by atomic mass is 35.5. The Balaban J connectivity index is 0.00000109. The standard InChI is InChI=1S/C16H12ClFN4O.C2H4/c1-9-7-19-5-4-13(9)21-16-14(23)8-20-15(22-16)11-6-10(17)2-3-12(11)18;1-2/h2-8,23H,1H3,(H,19,20,21,22);1-2H2. The zero-order chi connectivity index (χ0) is 18.4. The third-order valence-corrected chi connectivity index (χ3v) is 3.45. The maximum atomic E-state index is 13.9. The van der Waals surface area contributed by atoms with Gasteiger partial charge in [0.2, 0.25) is 0 Å². The number of nitrogens with zero attached hydrogens (tertiary/aromatic N) is 3. The van der Waals surface area contributed by atoms with Crippen molar-refractivity contribution in [3.63, 3.8) is 0 Å². The van der Waals surface area contributed by atoms with E-state index in [9.17, 15) is 9.50 Å². The zero-order valence-electron chi connectivity index (χ0n) is 13.5. The molecular formula is C18H16ClFN4O. The Morgan fingerprint density at radius 2 is 1.96 bits per heavy atom. The second-order valence-electron chi connectivity index (χ2n) is 4.87. The lowest BCUT2D eigenvalue weighted by Gasteiger charge is -2.11. The van der Waals surface area contributed by atoms with Crippen LogP contribution in [0.15, 0.2) is 56.0 Å². The fourth-order valence-electron chi connectivity index (χ4n) is 2.01. The number of benzene rings is 1. The van der Waals surface area contributed by atoms with Gasteiger partial charge in [-0.15, -0.1) is 13.2 Å². The summed E-state index contributed by atoms with van der Waals surface area (Å²) in [6.45, 7) is 7.87. The van der Waals surface area contributed by atoms with Crippen molar-refractivity contribution in [3.8, 4) is 17.1 Å². The van der Waals surface area contributed by atoms with Gasteiger partial charge in [0.05, 0.1) is 11.8 Å². The number of aromatic hydroxyl groups is 1. The molecule has 3 rings (SSSR count). The maximum absolute atomic E-state index is 13.9. The van der Waals surface area contributed by atoms with Gasteiger partial charge in [-0.3, -0.25) is 4.98 Å². The first-order valence-electron chi connectivity index (χ1n) is 7.23. The van der Waals surface area contributed by atoms with E-state index in [-0.39, 0.29) is 23.0 Å². The first-order valence-corrected chi connectivity index (χ1v) is 7.61. The number of aromatic nitrogens is 3. The SMILES string of the molecule is C=C.Cc1cnccc1Nc1nc(-c2cc(Cl)ccc2F)ncc1O. The van der Waals surface area contributed by atoms with Crippen molar-refractivity contribution in [3.05, 3.63) is 72.4 Å². The Bertz CT molecular complexity index is 889. The summed E-state index contributed by atoms with van der Waals surface area (Å²) in [5.41, 5.74) is 1.76. The molecule has 0 amide bonds. The van der Waals surface area contributed by atoms with E-state index in [0.29, 0.717) is 5.02 Å². The molecule has 0 saturated carbocycles. The molecule has 0 atom stereocenters. The highest BCUT2D eigenvalue weighted by Crippen LogP contribution is 2.29. The van der Waals surface area contributed by atoms with Crippen molar-refractivity contribution >= 4 is 23.1 Å². The third kappa shape index (κ3) is 4.30. The van der Waals surface area contributed by atoms with E-state index in [1.165, 1.54) is 24.4 Å². The Morgan fingerprint density at radius 1 is 1.20 bits per heavy atom. The summed E-state index contributed by atoms with van der Waals surface area (Å²) in [7, 11) is 0. The first-order chi connectivity index (χ1) is 12.0. The van der Waals surface area contributed by atoms with E-state index in [0.717, 1.165) is 11.3 Å². The van der Waals surface area contributed by atoms with Crippen LogP contribution >= 0.6 is 11.6 Å². The number of aryl methyl sites for hydroxylation is 1. The number of halogens is 2. The molecule has 25 heavy (non-hydrogen) atoms. The average molecular weight is 359 g/mol. The second kappa shape index (κ2) is 8.21. The molecule has 0 unspecified atom stereocenters. The normalized spacial score (nSPS) is 9.88. The van der Waals surface area contributed by atoms with Gasteiger partial charge < -0.3 is 10.4 Å². The molecule has 2 N–H and O–H groups in total. The van der Waals surface area contributed by atoms with Gasteiger partial charge in [0.25, 0.3) is 0 Å². The highest BCUT2D eigenvalue weighted by Gasteiger charge is 2.13. The smallest absolute Gasteiger partial charge is 0.177 e. The van der Waals surface area contributed by atoms with Crippen LogP contribution in [-0.4, -0.2) is 20.1 Å². The van der Waals surface area contributed by atoms with E-state index < -0.39 is 5.82 Å². The molecule has 2 heterocycles. The predicted octanol–water partition coefficient (Wildman–Crippen LogP) is 4.89. The van der Waals surface area contributed by atoms with Crippen LogP contribution < -0.4 is 5.32 Å². The lowest BCUT2D eigenvalue weighted by molar-refractivity contribution is 0.472. The van der Waals surface area contributed by atoms with Gasteiger partial charge in [-0.25, -0.2) is 14.4 Å². The largest absolute Gasteiger partial charge is 0.503 e. The summed E-state index contributed by atoms with van der Waals surface area (Å²) in [5, 5.41) is 13.3. The Kier molecular flexibility index (Phi) is 6.03. The minimum atomic E-state index is -0.494. The van der Waals surface area contributed by atoms with Gasteiger partial charge in [0.15, 0.2) is 17.4 Å². The van der Waals surface area contributed by atoms with Gasteiger partial charge in [0.1, 0.15) is 5.82 Å². The average Bonchev–Trinajstić information content (AvgIpc) is 2.62. The van der Waals surface area contributed by atoms with E-state index in [1.807, 2.05) is 6.92 Å². The van der Waals surface area contributed by atoms with E-state index >= 15 is 0 Å². The maximum Gasteiger partial charge on any atom is 0.177 e. The molecule has 0 aliphatic heterocycles. The molecule has 5 nitrogen and oxygen atoms in total. The first kappa shape index (κ1) is 18.4. The molecular weight excluding hydrogens is 343 g/mol. The molecule has 1 aromatic carbocycles. The Labute approximate surface area is 149 Å². The number of rotatable bonds is 3. The van der Waals surface area contributed by atoms with Crippen LogP contribution in [0.25, 0.3) is 11.4 Å².